The van der Waals surface area contributed by atoms with Crippen LogP contribution in [0.5, 0.6) is 0 Å². The van der Waals surface area contributed by atoms with E-state index in [0.717, 1.165) is 38.6 Å². The fraction of sp³-hybridized carbons (Fsp3) is 0.600. The number of likely N-dealkylation sites (tertiary alicyclic amines) is 1. The maximum atomic E-state index is 12.6. The molecule has 0 spiro atoms. The summed E-state index contributed by atoms with van der Waals surface area (Å²) in [5, 5.41) is 2.94. The monoisotopic (exact) mass is 343 g/mol. The Morgan fingerprint density at radius 2 is 2.04 bits per heavy atom. The van der Waals surface area contributed by atoms with Gasteiger partial charge in [0.25, 0.3) is 0 Å². The summed E-state index contributed by atoms with van der Waals surface area (Å²) in [4.78, 5) is 28.4. The second kappa shape index (κ2) is 7.89. The van der Waals surface area contributed by atoms with Gasteiger partial charge >= 0.3 is 0 Å². The van der Waals surface area contributed by atoms with Crippen molar-refractivity contribution in [2.45, 2.75) is 44.6 Å². The molecule has 25 heavy (non-hydrogen) atoms. The summed E-state index contributed by atoms with van der Waals surface area (Å²) < 4.78 is 0. The fourth-order valence-electron chi connectivity index (χ4n) is 3.51. The zero-order valence-electron chi connectivity index (χ0n) is 15.3. The predicted octanol–water partition coefficient (Wildman–Crippen LogP) is 2.72. The summed E-state index contributed by atoms with van der Waals surface area (Å²) >= 11 is 0. The number of amides is 2. The average molecular weight is 343 g/mol. The summed E-state index contributed by atoms with van der Waals surface area (Å²) in [6, 6.07) is 8.66. The molecular formula is C20H29N3O2. The molecule has 0 radical (unpaired) electrons. The Balaban J connectivity index is 1.52. The normalized spacial score (nSPS) is 19.8. The smallest absolute Gasteiger partial charge is 0.223 e. The van der Waals surface area contributed by atoms with Crippen LogP contribution in [0, 0.1) is 5.92 Å². The van der Waals surface area contributed by atoms with Gasteiger partial charge in [0.2, 0.25) is 11.8 Å². The third-order valence-corrected chi connectivity index (χ3v) is 5.16. The number of hydrogen-bond acceptors (Lipinski definition) is 3. The van der Waals surface area contributed by atoms with Crippen LogP contribution in [-0.2, 0) is 9.59 Å². The van der Waals surface area contributed by atoms with Crippen LogP contribution in [0.15, 0.2) is 24.3 Å². The molecule has 1 saturated heterocycles. The van der Waals surface area contributed by atoms with Gasteiger partial charge < -0.3 is 15.1 Å². The first kappa shape index (κ1) is 17.8. The van der Waals surface area contributed by atoms with E-state index in [1.807, 2.05) is 19.0 Å². The zero-order chi connectivity index (χ0) is 17.8. The van der Waals surface area contributed by atoms with Crippen LogP contribution in [0.2, 0.25) is 0 Å². The van der Waals surface area contributed by atoms with E-state index < -0.39 is 0 Å². The molecule has 5 heteroatoms. The molecule has 1 aliphatic heterocycles. The Morgan fingerprint density at radius 3 is 2.76 bits per heavy atom. The van der Waals surface area contributed by atoms with Crippen LogP contribution < -0.4 is 10.2 Å². The highest BCUT2D eigenvalue weighted by Gasteiger charge is 2.30. The number of hydrogen-bond donors (Lipinski definition) is 1. The molecule has 0 aromatic heterocycles. The van der Waals surface area contributed by atoms with Crippen LogP contribution in [0.4, 0.5) is 5.69 Å². The van der Waals surface area contributed by atoms with E-state index in [-0.39, 0.29) is 23.8 Å². The third kappa shape index (κ3) is 4.53. The molecule has 1 unspecified atom stereocenters. The average Bonchev–Trinajstić information content (AvgIpc) is 3.35. The van der Waals surface area contributed by atoms with Crippen molar-refractivity contribution in [3.63, 3.8) is 0 Å². The summed E-state index contributed by atoms with van der Waals surface area (Å²) in [5.74, 6) is 0.605. The van der Waals surface area contributed by atoms with E-state index in [9.17, 15) is 9.59 Å². The molecule has 0 bridgehead atoms. The van der Waals surface area contributed by atoms with Crippen molar-refractivity contribution in [2.24, 2.45) is 5.92 Å². The zero-order valence-corrected chi connectivity index (χ0v) is 15.3. The van der Waals surface area contributed by atoms with Gasteiger partial charge in [0.1, 0.15) is 0 Å². The quantitative estimate of drug-likeness (QED) is 0.775. The van der Waals surface area contributed by atoms with Crippen LogP contribution in [0.3, 0.4) is 0 Å². The summed E-state index contributed by atoms with van der Waals surface area (Å²) in [7, 11) is 4.07. The second-order valence-electron chi connectivity index (χ2n) is 7.40. The van der Waals surface area contributed by atoms with Crippen molar-refractivity contribution in [1.29, 1.82) is 0 Å². The largest absolute Gasteiger partial charge is 0.378 e. The van der Waals surface area contributed by atoms with Crippen LogP contribution in [0.1, 0.15) is 50.1 Å². The number of nitrogens with zero attached hydrogens (tertiary/aromatic N) is 2. The molecule has 3 rings (SSSR count). The molecule has 2 fully saturated rings. The molecule has 1 aromatic rings. The van der Waals surface area contributed by atoms with Crippen LogP contribution in [0.25, 0.3) is 0 Å². The topological polar surface area (TPSA) is 52.6 Å². The second-order valence-corrected chi connectivity index (χ2v) is 7.40. The number of anilines is 1. The molecule has 2 amide bonds. The summed E-state index contributed by atoms with van der Waals surface area (Å²) in [5.41, 5.74) is 2.39. The highest BCUT2D eigenvalue weighted by Crippen LogP contribution is 2.34. The lowest BCUT2D eigenvalue weighted by atomic mass is 10.0. The van der Waals surface area contributed by atoms with Gasteiger partial charge in [-0.05, 0) is 49.8 Å². The molecule has 5 nitrogen and oxygen atoms in total. The summed E-state index contributed by atoms with van der Waals surface area (Å²) in [6.45, 7) is 1.44. The van der Waals surface area contributed by atoms with Gasteiger partial charge in [-0.15, -0.1) is 0 Å². The van der Waals surface area contributed by atoms with Gasteiger partial charge in [-0.2, -0.15) is 0 Å². The van der Waals surface area contributed by atoms with Crippen molar-refractivity contribution in [2.75, 3.05) is 32.1 Å². The minimum absolute atomic E-state index is 0.159. The third-order valence-electron chi connectivity index (χ3n) is 5.16. The lowest BCUT2D eigenvalue weighted by Crippen LogP contribution is -2.32. The van der Waals surface area contributed by atoms with Gasteiger partial charge in [0.15, 0.2) is 0 Å². The van der Waals surface area contributed by atoms with E-state index >= 15 is 0 Å². The van der Waals surface area contributed by atoms with Crippen molar-refractivity contribution in [3.05, 3.63) is 29.8 Å². The maximum absolute atomic E-state index is 12.6. The van der Waals surface area contributed by atoms with Gasteiger partial charge in [-0.25, -0.2) is 0 Å². The number of benzene rings is 1. The molecule has 2 aliphatic rings. The molecule has 1 aliphatic carbocycles. The molecule has 1 aromatic carbocycles. The van der Waals surface area contributed by atoms with E-state index in [1.54, 1.807) is 0 Å². The lowest BCUT2D eigenvalue weighted by molar-refractivity contribution is -0.132. The van der Waals surface area contributed by atoms with E-state index in [4.69, 9.17) is 0 Å². The predicted molar refractivity (Wildman–Crippen MR) is 99.4 cm³/mol. The van der Waals surface area contributed by atoms with Crippen LogP contribution in [-0.4, -0.2) is 43.9 Å². The number of nitrogens with one attached hydrogen (secondary N) is 1. The van der Waals surface area contributed by atoms with Crippen molar-refractivity contribution in [1.82, 2.24) is 10.2 Å². The van der Waals surface area contributed by atoms with Crippen molar-refractivity contribution < 1.29 is 9.59 Å². The Bertz CT molecular complexity index is 625. The van der Waals surface area contributed by atoms with Crippen molar-refractivity contribution in [3.8, 4) is 0 Å². The van der Waals surface area contributed by atoms with Gasteiger partial charge in [0.05, 0.1) is 6.04 Å². The van der Waals surface area contributed by atoms with E-state index in [2.05, 4.69) is 34.5 Å². The Morgan fingerprint density at radius 1 is 1.24 bits per heavy atom. The molecule has 1 N–H and O–H groups in total. The first-order chi connectivity index (χ1) is 12.1. The first-order valence-corrected chi connectivity index (χ1v) is 9.40. The number of carbonyl (C=O) groups is 2. The van der Waals surface area contributed by atoms with Gasteiger partial charge in [-0.3, -0.25) is 9.59 Å². The van der Waals surface area contributed by atoms with Crippen LogP contribution >= 0.6 is 0 Å². The Kier molecular flexibility index (Phi) is 5.61. The standard InChI is InChI=1S/C20H29N3O2/c1-22(2)17-7-3-6-16(14-17)18-8-5-13-23(18)19(24)9-4-12-21-20(25)15-10-11-15/h3,6-7,14-15,18H,4-5,8-13H2,1-2H3,(H,21,25). The number of rotatable bonds is 7. The highest BCUT2D eigenvalue weighted by atomic mass is 16.2. The first-order valence-electron chi connectivity index (χ1n) is 9.40. The lowest BCUT2D eigenvalue weighted by Gasteiger charge is -2.26. The Labute approximate surface area is 150 Å². The minimum atomic E-state index is 0.159. The summed E-state index contributed by atoms with van der Waals surface area (Å²) in [6.07, 6.45) is 5.35. The van der Waals surface area contributed by atoms with E-state index in [1.165, 1.54) is 11.3 Å². The van der Waals surface area contributed by atoms with Gasteiger partial charge in [-0.1, -0.05) is 12.1 Å². The maximum Gasteiger partial charge on any atom is 0.223 e. The molecular weight excluding hydrogens is 314 g/mol. The SMILES string of the molecule is CN(C)c1cccc(C2CCCN2C(=O)CCCNC(=O)C2CC2)c1. The number of carbonyl (C=O) groups excluding carboxylic acids is 2. The highest BCUT2D eigenvalue weighted by molar-refractivity contribution is 5.81. The molecule has 1 atom stereocenters. The molecule has 1 heterocycles. The van der Waals surface area contributed by atoms with Gasteiger partial charge in [0, 0.05) is 45.2 Å². The minimum Gasteiger partial charge on any atom is -0.378 e. The molecule has 136 valence electrons. The van der Waals surface area contributed by atoms with Crippen molar-refractivity contribution >= 4 is 17.5 Å². The Hall–Kier alpha value is -2.04. The van der Waals surface area contributed by atoms with E-state index in [0.29, 0.717) is 13.0 Å². The molecule has 1 saturated carbocycles. The fourth-order valence-corrected chi connectivity index (χ4v) is 3.51.